The predicted molar refractivity (Wildman–Crippen MR) is 126 cm³/mol. The van der Waals surface area contributed by atoms with E-state index in [0.29, 0.717) is 12.2 Å². The van der Waals surface area contributed by atoms with Gasteiger partial charge in [-0.3, -0.25) is 4.79 Å². The van der Waals surface area contributed by atoms with Gasteiger partial charge in [-0.2, -0.15) is 5.10 Å². The zero-order valence-electron chi connectivity index (χ0n) is 17.2. The topological polar surface area (TPSA) is 63.8 Å². The third-order valence-corrected chi connectivity index (χ3v) is 5.16. The molecule has 0 spiro atoms. The van der Waals surface area contributed by atoms with E-state index in [4.69, 9.17) is 9.15 Å². The van der Waals surface area contributed by atoms with Gasteiger partial charge >= 0.3 is 5.91 Å². The molecular formula is C27H20N2O3. The molecule has 0 bridgehead atoms. The molecule has 0 saturated heterocycles. The van der Waals surface area contributed by atoms with E-state index in [1.54, 1.807) is 12.3 Å². The first kappa shape index (κ1) is 19.6. The summed E-state index contributed by atoms with van der Waals surface area (Å²) >= 11 is 0. The van der Waals surface area contributed by atoms with E-state index in [-0.39, 0.29) is 5.76 Å². The lowest BCUT2D eigenvalue weighted by Gasteiger charge is -2.06. The molecule has 1 heterocycles. The van der Waals surface area contributed by atoms with Gasteiger partial charge in [-0.15, -0.1) is 0 Å². The fourth-order valence-electron chi connectivity index (χ4n) is 3.52. The van der Waals surface area contributed by atoms with Gasteiger partial charge in [0.1, 0.15) is 17.9 Å². The van der Waals surface area contributed by atoms with Crippen molar-refractivity contribution in [2.24, 2.45) is 5.10 Å². The fraction of sp³-hybridized carbons (Fsp3) is 0.0370. The van der Waals surface area contributed by atoms with Crippen LogP contribution in [0.2, 0.25) is 0 Å². The van der Waals surface area contributed by atoms with E-state index < -0.39 is 5.91 Å². The molecule has 4 aromatic carbocycles. The van der Waals surface area contributed by atoms with Gasteiger partial charge in [0.05, 0.1) is 6.21 Å². The number of hydrogen-bond donors (Lipinski definition) is 1. The van der Waals surface area contributed by atoms with Gasteiger partial charge < -0.3 is 9.15 Å². The molecule has 0 radical (unpaired) electrons. The molecule has 1 amide bonds. The van der Waals surface area contributed by atoms with Gasteiger partial charge in [0, 0.05) is 5.39 Å². The molecule has 32 heavy (non-hydrogen) atoms. The van der Waals surface area contributed by atoms with Crippen molar-refractivity contribution in [2.75, 3.05) is 0 Å². The quantitative estimate of drug-likeness (QED) is 0.274. The standard InChI is InChI=1S/C27H20N2O3/c30-27(26-16-24-23-9-5-4-8-21(23)12-15-25(24)32-26)29-28-17-19-10-13-22(14-11-19)31-18-20-6-2-1-3-7-20/h1-17H,18H2,(H,29,30)/b28-17-. The van der Waals surface area contributed by atoms with Crippen LogP contribution in [0.4, 0.5) is 0 Å². The molecule has 0 fully saturated rings. The molecule has 5 nitrogen and oxygen atoms in total. The number of rotatable bonds is 6. The number of nitrogens with one attached hydrogen (secondary N) is 1. The third kappa shape index (κ3) is 4.23. The molecule has 0 aliphatic heterocycles. The van der Waals surface area contributed by atoms with E-state index in [2.05, 4.69) is 10.5 Å². The summed E-state index contributed by atoms with van der Waals surface area (Å²) in [5.41, 5.74) is 5.14. The highest BCUT2D eigenvalue weighted by atomic mass is 16.5. The molecule has 0 atom stereocenters. The highest BCUT2D eigenvalue weighted by Gasteiger charge is 2.13. The minimum Gasteiger partial charge on any atom is -0.489 e. The van der Waals surface area contributed by atoms with Crippen LogP contribution in [0.25, 0.3) is 21.7 Å². The van der Waals surface area contributed by atoms with Crippen LogP contribution in [-0.4, -0.2) is 12.1 Å². The molecule has 0 unspecified atom stereocenters. The van der Waals surface area contributed by atoms with Crippen molar-refractivity contribution >= 4 is 33.9 Å². The lowest BCUT2D eigenvalue weighted by molar-refractivity contribution is 0.0929. The van der Waals surface area contributed by atoms with Crippen molar-refractivity contribution in [1.29, 1.82) is 0 Å². The lowest BCUT2D eigenvalue weighted by atomic mass is 10.1. The number of hydrazone groups is 1. The smallest absolute Gasteiger partial charge is 0.307 e. The number of carbonyl (C=O) groups is 1. The van der Waals surface area contributed by atoms with E-state index in [9.17, 15) is 4.79 Å². The first-order valence-corrected chi connectivity index (χ1v) is 10.3. The highest BCUT2D eigenvalue weighted by Crippen LogP contribution is 2.28. The van der Waals surface area contributed by atoms with E-state index in [1.165, 1.54) is 0 Å². The number of fused-ring (bicyclic) bond motifs is 3. The summed E-state index contributed by atoms with van der Waals surface area (Å²) in [5, 5.41) is 7.10. The van der Waals surface area contributed by atoms with Crippen LogP contribution in [0.3, 0.4) is 0 Å². The van der Waals surface area contributed by atoms with Crippen molar-refractivity contribution in [3.63, 3.8) is 0 Å². The van der Waals surface area contributed by atoms with Gasteiger partial charge in [-0.1, -0.05) is 60.7 Å². The van der Waals surface area contributed by atoms with Crippen LogP contribution < -0.4 is 10.2 Å². The number of ether oxygens (including phenoxy) is 1. The number of furan rings is 1. The summed E-state index contributed by atoms with van der Waals surface area (Å²) in [6, 6.07) is 31.1. The Morgan fingerprint density at radius 3 is 2.50 bits per heavy atom. The first-order valence-electron chi connectivity index (χ1n) is 10.3. The second-order valence-corrected chi connectivity index (χ2v) is 7.35. The molecule has 0 saturated carbocycles. The molecule has 5 aromatic rings. The molecule has 1 aromatic heterocycles. The monoisotopic (exact) mass is 420 g/mol. The molecule has 5 rings (SSSR count). The average Bonchev–Trinajstić information content (AvgIpc) is 3.29. The second kappa shape index (κ2) is 8.78. The number of amides is 1. The van der Waals surface area contributed by atoms with Crippen LogP contribution in [0.15, 0.2) is 107 Å². The average molecular weight is 420 g/mol. The SMILES string of the molecule is O=C(N/N=C\c1ccc(OCc2ccccc2)cc1)c1cc2c(ccc3ccccc32)o1. The van der Waals surface area contributed by atoms with E-state index in [0.717, 1.165) is 33.0 Å². The molecule has 0 aliphatic carbocycles. The Hall–Kier alpha value is -4.38. The summed E-state index contributed by atoms with van der Waals surface area (Å²) < 4.78 is 11.5. The van der Waals surface area contributed by atoms with E-state index >= 15 is 0 Å². The second-order valence-electron chi connectivity index (χ2n) is 7.35. The summed E-state index contributed by atoms with van der Waals surface area (Å²) in [7, 11) is 0. The van der Waals surface area contributed by atoms with Crippen molar-refractivity contribution in [2.45, 2.75) is 6.61 Å². The zero-order chi connectivity index (χ0) is 21.8. The Balaban J connectivity index is 1.22. The maximum absolute atomic E-state index is 12.5. The van der Waals surface area contributed by atoms with Gasteiger partial charge in [0.15, 0.2) is 5.76 Å². The minimum absolute atomic E-state index is 0.221. The van der Waals surface area contributed by atoms with Crippen LogP contribution >= 0.6 is 0 Å². The molecule has 1 N–H and O–H groups in total. The first-order chi connectivity index (χ1) is 15.8. The maximum Gasteiger partial charge on any atom is 0.307 e. The van der Waals surface area contributed by atoms with Crippen LogP contribution in [-0.2, 0) is 6.61 Å². The summed E-state index contributed by atoms with van der Waals surface area (Å²) in [6.45, 7) is 0.511. The van der Waals surface area contributed by atoms with Crippen LogP contribution in [0, 0.1) is 0 Å². The lowest BCUT2D eigenvalue weighted by Crippen LogP contribution is -2.16. The molecule has 0 aliphatic rings. The van der Waals surface area contributed by atoms with Gasteiger partial charge in [-0.05, 0) is 58.3 Å². The number of benzene rings is 4. The van der Waals surface area contributed by atoms with Gasteiger partial charge in [0.2, 0.25) is 0 Å². The fourth-order valence-corrected chi connectivity index (χ4v) is 3.52. The Morgan fingerprint density at radius 1 is 0.875 bits per heavy atom. The van der Waals surface area contributed by atoms with Crippen molar-refractivity contribution in [3.8, 4) is 5.75 Å². The van der Waals surface area contributed by atoms with E-state index in [1.807, 2.05) is 91.0 Å². The Bertz CT molecular complexity index is 1400. The zero-order valence-corrected chi connectivity index (χ0v) is 17.2. The highest BCUT2D eigenvalue weighted by molar-refractivity contribution is 6.08. The number of nitrogens with zero attached hydrogens (tertiary/aromatic N) is 1. The Morgan fingerprint density at radius 2 is 1.66 bits per heavy atom. The van der Waals surface area contributed by atoms with Gasteiger partial charge in [-0.25, -0.2) is 5.43 Å². The molecule has 5 heteroatoms. The molecular weight excluding hydrogens is 400 g/mol. The third-order valence-electron chi connectivity index (χ3n) is 5.16. The van der Waals surface area contributed by atoms with Gasteiger partial charge in [0.25, 0.3) is 0 Å². The van der Waals surface area contributed by atoms with Crippen molar-refractivity contribution < 1.29 is 13.9 Å². The van der Waals surface area contributed by atoms with Crippen LogP contribution in [0.5, 0.6) is 5.75 Å². The maximum atomic E-state index is 12.5. The molecule has 156 valence electrons. The van der Waals surface area contributed by atoms with Crippen molar-refractivity contribution in [1.82, 2.24) is 5.43 Å². The minimum atomic E-state index is -0.399. The predicted octanol–water partition coefficient (Wildman–Crippen LogP) is 5.93. The number of hydrogen-bond acceptors (Lipinski definition) is 4. The summed E-state index contributed by atoms with van der Waals surface area (Å²) in [5.74, 6) is 0.590. The van der Waals surface area contributed by atoms with Crippen molar-refractivity contribution in [3.05, 3.63) is 114 Å². The largest absolute Gasteiger partial charge is 0.489 e. The normalized spacial score (nSPS) is 11.2. The summed E-state index contributed by atoms with van der Waals surface area (Å²) in [4.78, 5) is 12.5. The Kier molecular flexibility index (Phi) is 5.37. The number of carbonyl (C=O) groups excluding carboxylic acids is 1. The summed E-state index contributed by atoms with van der Waals surface area (Å²) in [6.07, 6.45) is 1.58. The van der Waals surface area contributed by atoms with Crippen LogP contribution in [0.1, 0.15) is 21.7 Å². The Labute approximate surface area is 184 Å².